The van der Waals surface area contributed by atoms with Gasteiger partial charge in [-0.3, -0.25) is 9.80 Å². The van der Waals surface area contributed by atoms with Crippen LogP contribution in [0.3, 0.4) is 0 Å². The maximum atomic E-state index is 9.43. The zero-order valence-corrected chi connectivity index (χ0v) is 14.3. The van der Waals surface area contributed by atoms with Crippen LogP contribution in [0.5, 0.6) is 0 Å². The van der Waals surface area contributed by atoms with E-state index in [2.05, 4.69) is 33.5 Å². The van der Waals surface area contributed by atoms with Gasteiger partial charge in [0.05, 0.1) is 13.2 Å². The molecule has 0 saturated carbocycles. The van der Waals surface area contributed by atoms with E-state index in [0.717, 1.165) is 39.0 Å². The van der Waals surface area contributed by atoms with Crippen LogP contribution in [0.4, 0.5) is 0 Å². The van der Waals surface area contributed by atoms with E-state index in [4.69, 9.17) is 0 Å². The van der Waals surface area contributed by atoms with Crippen molar-refractivity contribution < 1.29 is 10.2 Å². The molecule has 2 N–H and O–H groups in total. The molecule has 0 aromatic rings. The first-order chi connectivity index (χ1) is 11.8. The van der Waals surface area contributed by atoms with E-state index < -0.39 is 0 Å². The Bertz CT molecular complexity index is 532. The molecule has 6 saturated heterocycles. The highest BCUT2D eigenvalue weighted by atomic mass is 16.3. The summed E-state index contributed by atoms with van der Waals surface area (Å²) in [5, 5.41) is 18.9. The van der Waals surface area contributed by atoms with Gasteiger partial charge < -0.3 is 10.2 Å². The summed E-state index contributed by atoms with van der Waals surface area (Å²) >= 11 is 0. The number of hydrogen-bond donors (Lipinski definition) is 2. The molecule has 4 heteroatoms. The van der Waals surface area contributed by atoms with Crippen LogP contribution < -0.4 is 0 Å². The van der Waals surface area contributed by atoms with Crippen molar-refractivity contribution in [3.63, 3.8) is 0 Å². The number of aliphatic hydroxyl groups excluding tert-OH is 2. The molecule has 130 valence electrons. The fraction of sp³-hybridized carbons (Fsp3) is 0.800. The summed E-state index contributed by atoms with van der Waals surface area (Å²) in [4.78, 5) is 4.80. The smallest absolute Gasteiger partial charge is 0.0586 e. The van der Waals surface area contributed by atoms with Crippen LogP contribution in [0.1, 0.15) is 25.7 Å². The lowest BCUT2D eigenvalue weighted by molar-refractivity contribution is -0.00382. The quantitative estimate of drug-likeness (QED) is 0.721. The summed E-state index contributed by atoms with van der Waals surface area (Å²) in [6.45, 7) is 4.80. The van der Waals surface area contributed by atoms with Crippen molar-refractivity contribution in [2.75, 3.05) is 39.4 Å². The lowest BCUT2D eigenvalue weighted by atomic mass is 9.76. The van der Waals surface area contributed by atoms with Crippen LogP contribution in [-0.4, -0.2) is 71.5 Å². The van der Waals surface area contributed by atoms with Gasteiger partial charge in [0.15, 0.2) is 0 Å². The standard InChI is InChI=1S/C20H28N2O2/c23-13-19-9-15-5-7-21(19)11-17(15)3-1-2-4-18-12-22-8-6-16(18)10-20(22)14-24/h15-20,23-24H,5-14H2/t15-,16-,17-,18-,19-,20-/m0/s1. The molecule has 6 rings (SSSR count). The van der Waals surface area contributed by atoms with Crippen LogP contribution in [-0.2, 0) is 0 Å². The SMILES string of the molecule is OC[C@@H]1C[C@@H]2CCN1C[C@@H]2C#CC#C[C@H]1CN2CC[C@H]1C[C@H]2CO. The lowest BCUT2D eigenvalue weighted by Crippen LogP contribution is -2.54. The Kier molecular flexibility index (Phi) is 4.83. The fourth-order valence-corrected chi connectivity index (χ4v) is 5.24. The number of fused-ring (bicyclic) bond motifs is 6. The average molecular weight is 328 g/mol. The average Bonchev–Trinajstić information content (AvgIpc) is 2.66. The third kappa shape index (κ3) is 3.09. The van der Waals surface area contributed by atoms with Gasteiger partial charge in [-0.25, -0.2) is 0 Å². The van der Waals surface area contributed by atoms with Crippen molar-refractivity contribution in [2.24, 2.45) is 23.7 Å². The number of nitrogens with zero attached hydrogens (tertiary/aromatic N) is 2. The van der Waals surface area contributed by atoms with Crippen molar-refractivity contribution in [1.29, 1.82) is 0 Å². The van der Waals surface area contributed by atoms with Crippen LogP contribution in [0.2, 0.25) is 0 Å². The molecule has 0 radical (unpaired) electrons. The number of piperidine rings is 6. The van der Waals surface area contributed by atoms with Gasteiger partial charge in [-0.2, -0.15) is 0 Å². The monoisotopic (exact) mass is 328 g/mol. The third-order valence-electron chi connectivity index (χ3n) is 6.76. The Morgan fingerprint density at radius 1 is 0.750 bits per heavy atom. The second kappa shape index (κ2) is 7.06. The summed E-state index contributed by atoms with van der Waals surface area (Å²) in [6.07, 6.45) is 4.61. The Morgan fingerprint density at radius 2 is 1.21 bits per heavy atom. The molecule has 6 heterocycles. The van der Waals surface area contributed by atoms with Gasteiger partial charge >= 0.3 is 0 Å². The molecule has 2 unspecified atom stereocenters. The van der Waals surface area contributed by atoms with Crippen LogP contribution in [0.15, 0.2) is 0 Å². The molecule has 6 aliphatic rings. The van der Waals surface area contributed by atoms with Gasteiger partial charge in [0.1, 0.15) is 0 Å². The zero-order chi connectivity index (χ0) is 16.5. The molecule has 8 atom stereocenters. The van der Waals surface area contributed by atoms with Crippen molar-refractivity contribution in [3.8, 4) is 23.7 Å². The molecule has 4 nitrogen and oxygen atoms in total. The predicted molar refractivity (Wildman–Crippen MR) is 92.9 cm³/mol. The molecule has 0 spiro atoms. The summed E-state index contributed by atoms with van der Waals surface area (Å²) < 4.78 is 0. The maximum Gasteiger partial charge on any atom is 0.0586 e. The van der Waals surface area contributed by atoms with Crippen molar-refractivity contribution in [1.82, 2.24) is 9.80 Å². The van der Waals surface area contributed by atoms with Crippen molar-refractivity contribution in [3.05, 3.63) is 0 Å². The highest BCUT2D eigenvalue weighted by Gasteiger charge is 2.40. The van der Waals surface area contributed by atoms with E-state index in [-0.39, 0.29) is 13.2 Å². The van der Waals surface area contributed by atoms with Crippen LogP contribution in [0, 0.1) is 47.4 Å². The minimum Gasteiger partial charge on any atom is -0.395 e. The maximum absolute atomic E-state index is 9.43. The molecule has 24 heavy (non-hydrogen) atoms. The third-order valence-corrected chi connectivity index (χ3v) is 6.76. The second-order valence-electron chi connectivity index (χ2n) is 7.98. The number of hydrogen-bond acceptors (Lipinski definition) is 4. The van der Waals surface area contributed by atoms with Gasteiger partial charge in [0.25, 0.3) is 0 Å². The van der Waals surface area contributed by atoms with Crippen molar-refractivity contribution in [2.45, 2.75) is 37.8 Å². The molecule has 4 bridgehead atoms. The Balaban J connectivity index is 1.35. The first-order valence-corrected chi connectivity index (χ1v) is 9.49. The van der Waals surface area contributed by atoms with Crippen molar-refractivity contribution >= 4 is 0 Å². The molecule has 0 amide bonds. The Hall–Kier alpha value is -1.04. The molecule has 0 aromatic carbocycles. The first kappa shape index (κ1) is 16.4. The fourth-order valence-electron chi connectivity index (χ4n) is 5.24. The summed E-state index contributed by atoms with van der Waals surface area (Å²) in [7, 11) is 0. The Labute approximate surface area is 145 Å². The highest BCUT2D eigenvalue weighted by Crippen LogP contribution is 2.36. The van der Waals surface area contributed by atoms with E-state index in [0.29, 0.717) is 35.8 Å². The van der Waals surface area contributed by atoms with Crippen LogP contribution in [0.25, 0.3) is 0 Å². The summed E-state index contributed by atoms with van der Waals surface area (Å²) in [5.74, 6) is 15.2. The lowest BCUT2D eigenvalue weighted by Gasteiger charge is -2.47. The second-order valence-corrected chi connectivity index (χ2v) is 7.98. The minimum absolute atomic E-state index is 0.283. The van der Waals surface area contributed by atoms with Gasteiger partial charge in [-0.1, -0.05) is 11.8 Å². The van der Waals surface area contributed by atoms with Crippen LogP contribution >= 0.6 is 0 Å². The normalized spacial score (nSPS) is 45.9. The largest absolute Gasteiger partial charge is 0.395 e. The van der Waals surface area contributed by atoms with Gasteiger partial charge in [0, 0.05) is 37.0 Å². The topological polar surface area (TPSA) is 46.9 Å². The molecule has 0 aliphatic carbocycles. The van der Waals surface area contributed by atoms with Gasteiger partial charge in [-0.05, 0) is 62.4 Å². The van der Waals surface area contributed by atoms with E-state index in [1.165, 1.54) is 12.8 Å². The number of aliphatic hydroxyl groups is 2. The summed E-state index contributed by atoms with van der Waals surface area (Å²) in [6, 6.07) is 0.721. The van der Waals surface area contributed by atoms with E-state index >= 15 is 0 Å². The number of rotatable bonds is 2. The molecular weight excluding hydrogens is 300 g/mol. The van der Waals surface area contributed by atoms with E-state index in [9.17, 15) is 10.2 Å². The molecular formula is C20H28N2O2. The molecule has 0 aromatic heterocycles. The van der Waals surface area contributed by atoms with E-state index in [1.807, 2.05) is 0 Å². The molecule has 6 fully saturated rings. The highest BCUT2D eigenvalue weighted by molar-refractivity contribution is 5.29. The van der Waals surface area contributed by atoms with Gasteiger partial charge in [0.2, 0.25) is 0 Å². The summed E-state index contributed by atoms with van der Waals surface area (Å²) in [5.41, 5.74) is 0. The minimum atomic E-state index is 0.283. The molecule has 6 aliphatic heterocycles. The van der Waals surface area contributed by atoms with Gasteiger partial charge in [-0.15, -0.1) is 0 Å². The first-order valence-electron chi connectivity index (χ1n) is 9.49. The predicted octanol–water partition coefficient (Wildman–Crippen LogP) is 0.399. The zero-order valence-electron chi connectivity index (χ0n) is 14.3. The van der Waals surface area contributed by atoms with E-state index in [1.54, 1.807) is 0 Å². The Morgan fingerprint density at radius 3 is 1.54 bits per heavy atom.